The smallest absolute Gasteiger partial charge is 0.291 e. The van der Waals surface area contributed by atoms with Crippen LogP contribution in [0.3, 0.4) is 0 Å². The molecule has 2 aromatic carbocycles. The standard InChI is InChI=1S/C22H19N3O4/c1-14-5-3-6-18(15(14)2)28-13-20-24-21(25-29-20)16-8-10-17(11-9-16)23-22(26)19-7-4-12-27-19/h3-12H,13H2,1-2H3,(H,23,26). The molecule has 4 aromatic rings. The molecule has 7 heteroatoms. The maximum Gasteiger partial charge on any atom is 0.291 e. The summed E-state index contributed by atoms with van der Waals surface area (Å²) in [6.45, 7) is 4.23. The third-order valence-electron chi connectivity index (χ3n) is 4.52. The molecule has 0 aliphatic rings. The van der Waals surface area contributed by atoms with Gasteiger partial charge < -0.3 is 19.0 Å². The fraction of sp³-hybridized carbons (Fsp3) is 0.136. The van der Waals surface area contributed by atoms with Gasteiger partial charge in [0.15, 0.2) is 12.4 Å². The van der Waals surface area contributed by atoms with Crippen molar-refractivity contribution in [1.82, 2.24) is 10.1 Å². The molecule has 0 atom stereocenters. The Labute approximate surface area is 167 Å². The lowest BCUT2D eigenvalue weighted by Gasteiger charge is -2.08. The zero-order chi connectivity index (χ0) is 20.2. The molecular weight excluding hydrogens is 370 g/mol. The van der Waals surface area contributed by atoms with Crippen molar-refractivity contribution in [2.45, 2.75) is 20.5 Å². The Morgan fingerprint density at radius 3 is 2.66 bits per heavy atom. The fourth-order valence-electron chi connectivity index (χ4n) is 2.75. The number of nitrogens with one attached hydrogen (secondary N) is 1. The summed E-state index contributed by atoms with van der Waals surface area (Å²) in [7, 11) is 0. The van der Waals surface area contributed by atoms with E-state index in [-0.39, 0.29) is 18.3 Å². The van der Waals surface area contributed by atoms with E-state index in [0.717, 1.165) is 22.4 Å². The number of aryl methyl sites for hydroxylation is 1. The number of amides is 1. The second-order valence-electron chi connectivity index (χ2n) is 6.51. The Kier molecular flexibility index (Phi) is 5.11. The van der Waals surface area contributed by atoms with Crippen LogP contribution < -0.4 is 10.1 Å². The molecule has 0 unspecified atom stereocenters. The summed E-state index contributed by atoms with van der Waals surface area (Å²) in [6, 6.07) is 16.3. The van der Waals surface area contributed by atoms with Crippen molar-refractivity contribution in [2.75, 3.05) is 5.32 Å². The van der Waals surface area contributed by atoms with Crippen LogP contribution in [0.4, 0.5) is 5.69 Å². The summed E-state index contributed by atoms with van der Waals surface area (Å²) < 4.78 is 16.2. The number of carbonyl (C=O) groups excluding carboxylic acids is 1. The van der Waals surface area contributed by atoms with Gasteiger partial charge in [-0.25, -0.2) is 0 Å². The summed E-state index contributed by atoms with van der Waals surface area (Å²) in [4.78, 5) is 16.4. The maximum atomic E-state index is 12.0. The summed E-state index contributed by atoms with van der Waals surface area (Å²) >= 11 is 0. The minimum Gasteiger partial charge on any atom is -0.483 e. The highest BCUT2D eigenvalue weighted by atomic mass is 16.5. The molecule has 0 saturated carbocycles. The van der Waals surface area contributed by atoms with Crippen LogP contribution in [0.5, 0.6) is 5.75 Å². The van der Waals surface area contributed by atoms with Gasteiger partial charge in [-0.1, -0.05) is 17.3 Å². The Morgan fingerprint density at radius 2 is 1.90 bits per heavy atom. The van der Waals surface area contributed by atoms with Gasteiger partial charge in [0.25, 0.3) is 11.8 Å². The van der Waals surface area contributed by atoms with Crippen LogP contribution in [0.2, 0.25) is 0 Å². The summed E-state index contributed by atoms with van der Waals surface area (Å²) in [5.74, 6) is 1.57. The number of aromatic nitrogens is 2. The lowest BCUT2D eigenvalue weighted by atomic mass is 10.1. The second kappa shape index (κ2) is 8.02. The van der Waals surface area contributed by atoms with E-state index in [4.69, 9.17) is 13.7 Å². The maximum absolute atomic E-state index is 12.0. The van der Waals surface area contributed by atoms with E-state index in [1.165, 1.54) is 6.26 Å². The normalized spacial score (nSPS) is 10.7. The van der Waals surface area contributed by atoms with Crippen LogP contribution in [-0.4, -0.2) is 16.0 Å². The number of ether oxygens (including phenoxy) is 1. The summed E-state index contributed by atoms with van der Waals surface area (Å²) in [5.41, 5.74) is 3.65. The number of hydrogen-bond donors (Lipinski definition) is 1. The van der Waals surface area contributed by atoms with Crippen molar-refractivity contribution in [3.05, 3.63) is 83.6 Å². The second-order valence-corrected chi connectivity index (χ2v) is 6.51. The third-order valence-corrected chi connectivity index (χ3v) is 4.52. The highest BCUT2D eigenvalue weighted by Gasteiger charge is 2.12. The predicted molar refractivity (Wildman–Crippen MR) is 107 cm³/mol. The first-order valence-corrected chi connectivity index (χ1v) is 9.07. The van der Waals surface area contributed by atoms with E-state index < -0.39 is 0 Å². The average Bonchev–Trinajstić information content (AvgIpc) is 3.42. The van der Waals surface area contributed by atoms with Gasteiger partial charge in [-0.2, -0.15) is 4.98 Å². The van der Waals surface area contributed by atoms with E-state index in [0.29, 0.717) is 17.4 Å². The molecule has 2 heterocycles. The van der Waals surface area contributed by atoms with E-state index in [2.05, 4.69) is 15.5 Å². The molecule has 0 fully saturated rings. The first kappa shape index (κ1) is 18.5. The molecule has 7 nitrogen and oxygen atoms in total. The summed E-state index contributed by atoms with van der Waals surface area (Å²) in [5, 5.41) is 6.76. The highest BCUT2D eigenvalue weighted by molar-refractivity contribution is 6.02. The molecule has 0 saturated heterocycles. The molecule has 0 aliphatic heterocycles. The van der Waals surface area contributed by atoms with Gasteiger partial charge in [-0.15, -0.1) is 0 Å². The molecule has 0 bridgehead atoms. The molecule has 4 rings (SSSR count). The Bertz CT molecular complexity index is 1120. The Hall–Kier alpha value is -3.87. The van der Waals surface area contributed by atoms with Crippen LogP contribution in [0.15, 0.2) is 69.8 Å². The van der Waals surface area contributed by atoms with Crippen LogP contribution in [0.1, 0.15) is 27.6 Å². The lowest BCUT2D eigenvalue weighted by Crippen LogP contribution is -2.10. The van der Waals surface area contributed by atoms with Crippen LogP contribution >= 0.6 is 0 Å². The van der Waals surface area contributed by atoms with Crippen molar-refractivity contribution in [1.29, 1.82) is 0 Å². The Morgan fingerprint density at radius 1 is 1.07 bits per heavy atom. The van der Waals surface area contributed by atoms with Crippen molar-refractivity contribution < 1.29 is 18.5 Å². The van der Waals surface area contributed by atoms with Crippen molar-refractivity contribution >= 4 is 11.6 Å². The van der Waals surface area contributed by atoms with E-state index in [1.54, 1.807) is 36.4 Å². The number of hydrogen-bond acceptors (Lipinski definition) is 6. The molecule has 0 radical (unpaired) electrons. The zero-order valence-electron chi connectivity index (χ0n) is 16.0. The number of rotatable bonds is 6. The SMILES string of the molecule is Cc1cccc(OCc2nc(-c3ccc(NC(=O)c4ccco4)cc3)no2)c1C. The van der Waals surface area contributed by atoms with Gasteiger partial charge in [0, 0.05) is 11.3 Å². The molecule has 29 heavy (non-hydrogen) atoms. The number of furan rings is 1. The predicted octanol–water partition coefficient (Wildman–Crippen LogP) is 4.78. The van der Waals surface area contributed by atoms with Crippen LogP contribution in [-0.2, 0) is 6.61 Å². The van der Waals surface area contributed by atoms with Gasteiger partial charge in [0.05, 0.1) is 6.26 Å². The summed E-state index contributed by atoms with van der Waals surface area (Å²) in [6.07, 6.45) is 1.45. The fourth-order valence-corrected chi connectivity index (χ4v) is 2.75. The van der Waals surface area contributed by atoms with Crippen LogP contribution in [0.25, 0.3) is 11.4 Å². The van der Waals surface area contributed by atoms with E-state index in [1.807, 2.05) is 32.0 Å². The van der Waals surface area contributed by atoms with Crippen molar-refractivity contribution in [2.24, 2.45) is 0 Å². The molecule has 0 aliphatic carbocycles. The minimum absolute atomic E-state index is 0.189. The number of anilines is 1. The van der Waals surface area contributed by atoms with Gasteiger partial charge in [-0.05, 0) is 67.4 Å². The number of benzene rings is 2. The van der Waals surface area contributed by atoms with Gasteiger partial charge >= 0.3 is 0 Å². The zero-order valence-corrected chi connectivity index (χ0v) is 16.0. The monoisotopic (exact) mass is 389 g/mol. The van der Waals surface area contributed by atoms with Gasteiger partial charge in [-0.3, -0.25) is 4.79 Å². The van der Waals surface area contributed by atoms with Crippen molar-refractivity contribution in [3.63, 3.8) is 0 Å². The first-order valence-electron chi connectivity index (χ1n) is 9.07. The van der Waals surface area contributed by atoms with Gasteiger partial charge in [0.2, 0.25) is 5.82 Å². The topological polar surface area (TPSA) is 90.4 Å². The minimum atomic E-state index is -0.312. The molecular formula is C22H19N3O4. The van der Waals surface area contributed by atoms with Gasteiger partial charge in [0.1, 0.15) is 5.75 Å². The number of carbonyl (C=O) groups is 1. The quantitative estimate of drug-likeness (QED) is 0.510. The number of nitrogens with zero attached hydrogens (tertiary/aromatic N) is 2. The molecule has 0 spiro atoms. The van der Waals surface area contributed by atoms with E-state index >= 15 is 0 Å². The average molecular weight is 389 g/mol. The molecule has 146 valence electrons. The Balaban J connectivity index is 1.40. The van der Waals surface area contributed by atoms with Crippen molar-refractivity contribution in [3.8, 4) is 17.1 Å². The first-order chi connectivity index (χ1) is 14.1. The largest absolute Gasteiger partial charge is 0.483 e. The van der Waals surface area contributed by atoms with Crippen LogP contribution in [0, 0.1) is 13.8 Å². The lowest BCUT2D eigenvalue weighted by molar-refractivity contribution is 0.0996. The third kappa shape index (κ3) is 4.19. The molecule has 1 amide bonds. The highest BCUT2D eigenvalue weighted by Crippen LogP contribution is 2.23. The van der Waals surface area contributed by atoms with E-state index in [9.17, 15) is 4.79 Å². The molecule has 2 aromatic heterocycles. The molecule has 1 N–H and O–H groups in total.